The molecule has 0 saturated heterocycles. The minimum Gasteiger partial charge on any atom is -0.507 e. The summed E-state index contributed by atoms with van der Waals surface area (Å²) < 4.78 is 10.6. The summed E-state index contributed by atoms with van der Waals surface area (Å²) in [7, 11) is 0. The number of hydrazine groups is 1. The molecule has 2 amide bonds. The highest BCUT2D eigenvalue weighted by Crippen LogP contribution is 2.24. The molecule has 27 heavy (non-hydrogen) atoms. The van der Waals surface area contributed by atoms with Crippen molar-refractivity contribution in [2.75, 3.05) is 6.61 Å². The summed E-state index contributed by atoms with van der Waals surface area (Å²) in [5.41, 5.74) is 3.33. The summed E-state index contributed by atoms with van der Waals surface area (Å²) in [6.45, 7) is 2.19. The van der Waals surface area contributed by atoms with Crippen LogP contribution >= 0.6 is 0 Å². The Bertz CT molecular complexity index is 1070. The molecule has 3 aromatic rings. The second kappa shape index (κ2) is 7.61. The van der Waals surface area contributed by atoms with Gasteiger partial charge in [-0.25, -0.2) is 4.79 Å². The number of amides is 2. The van der Waals surface area contributed by atoms with Crippen LogP contribution in [0.5, 0.6) is 11.5 Å². The predicted molar refractivity (Wildman–Crippen MR) is 96.7 cm³/mol. The largest absolute Gasteiger partial charge is 0.507 e. The molecular formula is C19H16N2O6. The van der Waals surface area contributed by atoms with Gasteiger partial charge in [-0.1, -0.05) is 24.3 Å². The predicted octanol–water partition coefficient (Wildman–Crippen LogP) is 1.97. The van der Waals surface area contributed by atoms with Gasteiger partial charge in [0.1, 0.15) is 11.3 Å². The first-order chi connectivity index (χ1) is 13.0. The lowest BCUT2D eigenvalue weighted by Crippen LogP contribution is -2.43. The van der Waals surface area contributed by atoms with Crippen molar-refractivity contribution in [2.45, 2.75) is 6.92 Å². The van der Waals surface area contributed by atoms with E-state index in [1.54, 1.807) is 37.3 Å². The van der Waals surface area contributed by atoms with Crippen molar-refractivity contribution in [1.82, 2.24) is 10.9 Å². The van der Waals surface area contributed by atoms with Gasteiger partial charge in [0.15, 0.2) is 11.3 Å². The third kappa shape index (κ3) is 3.74. The van der Waals surface area contributed by atoms with E-state index in [0.717, 1.165) is 0 Å². The van der Waals surface area contributed by atoms with E-state index in [-0.39, 0.29) is 22.5 Å². The zero-order valence-electron chi connectivity index (χ0n) is 14.3. The van der Waals surface area contributed by atoms with Gasteiger partial charge >= 0.3 is 5.63 Å². The normalized spacial score (nSPS) is 10.4. The van der Waals surface area contributed by atoms with E-state index in [9.17, 15) is 19.5 Å². The van der Waals surface area contributed by atoms with Gasteiger partial charge in [-0.05, 0) is 31.2 Å². The molecule has 0 radical (unpaired) electrons. The van der Waals surface area contributed by atoms with E-state index in [1.807, 2.05) is 0 Å². The van der Waals surface area contributed by atoms with Crippen LogP contribution in [0, 0.1) is 0 Å². The second-order valence-electron chi connectivity index (χ2n) is 5.48. The van der Waals surface area contributed by atoms with E-state index in [1.165, 1.54) is 18.2 Å². The number of rotatable bonds is 4. The molecule has 8 nitrogen and oxygen atoms in total. The Morgan fingerprint density at radius 3 is 2.44 bits per heavy atom. The average molecular weight is 368 g/mol. The Morgan fingerprint density at radius 2 is 1.74 bits per heavy atom. The average Bonchev–Trinajstić information content (AvgIpc) is 2.66. The maximum atomic E-state index is 12.3. The number of fused-ring (bicyclic) bond motifs is 1. The van der Waals surface area contributed by atoms with Crippen LogP contribution in [0.2, 0.25) is 0 Å². The molecule has 0 aliphatic heterocycles. The number of hydrogen-bond acceptors (Lipinski definition) is 6. The first-order valence-electron chi connectivity index (χ1n) is 8.09. The lowest BCUT2D eigenvalue weighted by molar-refractivity contribution is 0.0843. The lowest BCUT2D eigenvalue weighted by atomic mass is 10.1. The van der Waals surface area contributed by atoms with E-state index in [0.29, 0.717) is 17.7 Å². The monoisotopic (exact) mass is 368 g/mol. The van der Waals surface area contributed by atoms with Gasteiger partial charge in [-0.2, -0.15) is 0 Å². The molecular weight excluding hydrogens is 352 g/mol. The first kappa shape index (κ1) is 18.0. The Morgan fingerprint density at radius 1 is 1.04 bits per heavy atom. The summed E-state index contributed by atoms with van der Waals surface area (Å²) in [5, 5.41) is 10.1. The Hall–Kier alpha value is -3.81. The zero-order chi connectivity index (χ0) is 19.4. The van der Waals surface area contributed by atoms with E-state index in [2.05, 4.69) is 10.9 Å². The van der Waals surface area contributed by atoms with Gasteiger partial charge in [-0.15, -0.1) is 0 Å². The van der Waals surface area contributed by atoms with Crippen LogP contribution in [-0.4, -0.2) is 23.5 Å². The highest BCUT2D eigenvalue weighted by molar-refractivity contribution is 6.01. The van der Waals surface area contributed by atoms with Gasteiger partial charge in [0, 0.05) is 5.39 Å². The molecule has 3 rings (SSSR count). The van der Waals surface area contributed by atoms with Crippen LogP contribution in [0.15, 0.2) is 57.7 Å². The van der Waals surface area contributed by atoms with Gasteiger partial charge < -0.3 is 14.3 Å². The van der Waals surface area contributed by atoms with Gasteiger partial charge in [0.2, 0.25) is 0 Å². The molecule has 8 heteroatoms. The number of nitrogens with one attached hydrogen (secondary N) is 2. The van der Waals surface area contributed by atoms with Crippen LogP contribution in [0.3, 0.4) is 0 Å². The molecule has 0 bridgehead atoms. The number of carbonyl (C=O) groups is 2. The summed E-state index contributed by atoms with van der Waals surface area (Å²) >= 11 is 0. The van der Waals surface area contributed by atoms with Crippen LogP contribution in [-0.2, 0) is 0 Å². The summed E-state index contributed by atoms with van der Waals surface area (Å²) in [6.07, 6.45) is 0. The van der Waals surface area contributed by atoms with E-state index >= 15 is 0 Å². The number of hydrogen-bond donors (Lipinski definition) is 3. The molecule has 1 aromatic heterocycles. The summed E-state index contributed by atoms with van der Waals surface area (Å²) in [5.74, 6) is -1.42. The number of phenolic OH excluding ortho intramolecular Hbond substituents is 1. The van der Waals surface area contributed by atoms with Crippen molar-refractivity contribution >= 4 is 22.8 Å². The van der Waals surface area contributed by atoms with Crippen LogP contribution in [0.4, 0.5) is 0 Å². The third-order valence-electron chi connectivity index (χ3n) is 3.71. The fraction of sp³-hybridized carbons (Fsp3) is 0.105. The fourth-order valence-electron chi connectivity index (χ4n) is 2.46. The van der Waals surface area contributed by atoms with Crippen molar-refractivity contribution < 1.29 is 23.8 Å². The Balaban J connectivity index is 1.82. The molecule has 0 fully saturated rings. The van der Waals surface area contributed by atoms with Crippen molar-refractivity contribution in [2.24, 2.45) is 0 Å². The zero-order valence-corrected chi connectivity index (χ0v) is 14.3. The number of carbonyl (C=O) groups excluding carboxylic acids is 2. The number of benzene rings is 2. The number of phenols is 1. The Labute approximate surface area is 153 Å². The molecule has 0 saturated carbocycles. The number of aromatic hydroxyl groups is 1. The maximum absolute atomic E-state index is 12.3. The molecule has 1 heterocycles. The lowest BCUT2D eigenvalue weighted by Gasteiger charge is -2.09. The minimum absolute atomic E-state index is 0.0234. The molecule has 3 N–H and O–H groups in total. The third-order valence-corrected chi connectivity index (χ3v) is 3.71. The van der Waals surface area contributed by atoms with E-state index in [4.69, 9.17) is 9.15 Å². The van der Waals surface area contributed by atoms with Crippen LogP contribution in [0.25, 0.3) is 11.0 Å². The first-order valence-corrected chi connectivity index (χ1v) is 8.09. The fourth-order valence-corrected chi connectivity index (χ4v) is 2.46. The van der Waals surface area contributed by atoms with Gasteiger partial charge in [-0.3, -0.25) is 20.4 Å². The SMILES string of the molecule is CCOc1cccc2cc(C(=O)NNC(=O)c3ccccc3O)c(=O)oc12. The van der Waals surface area contributed by atoms with Crippen molar-refractivity contribution in [3.63, 3.8) is 0 Å². The Kier molecular flexibility index (Phi) is 5.07. The molecule has 0 spiro atoms. The molecule has 2 aromatic carbocycles. The number of para-hydroxylation sites is 2. The second-order valence-corrected chi connectivity index (χ2v) is 5.48. The van der Waals surface area contributed by atoms with E-state index < -0.39 is 17.4 Å². The molecule has 0 atom stereocenters. The van der Waals surface area contributed by atoms with Gasteiger partial charge in [0.25, 0.3) is 11.8 Å². The van der Waals surface area contributed by atoms with Crippen molar-refractivity contribution in [1.29, 1.82) is 0 Å². The molecule has 0 aliphatic rings. The summed E-state index contributed by atoms with van der Waals surface area (Å²) in [6, 6.07) is 12.2. The standard InChI is InChI=1S/C19H16N2O6/c1-2-26-15-9-5-6-11-10-13(19(25)27-16(11)15)18(24)21-20-17(23)12-7-3-4-8-14(12)22/h3-10,22H,2H2,1H3,(H,20,23)(H,21,24). The van der Waals surface area contributed by atoms with Crippen molar-refractivity contribution in [3.8, 4) is 11.5 Å². The van der Waals surface area contributed by atoms with Gasteiger partial charge in [0.05, 0.1) is 12.2 Å². The minimum atomic E-state index is -0.871. The quantitative estimate of drug-likeness (QED) is 0.479. The topological polar surface area (TPSA) is 118 Å². The maximum Gasteiger partial charge on any atom is 0.349 e. The molecule has 0 aliphatic carbocycles. The summed E-state index contributed by atoms with van der Waals surface area (Å²) in [4.78, 5) is 36.4. The smallest absolute Gasteiger partial charge is 0.349 e. The van der Waals surface area contributed by atoms with Crippen LogP contribution < -0.4 is 21.2 Å². The number of ether oxygens (including phenoxy) is 1. The highest BCUT2D eigenvalue weighted by Gasteiger charge is 2.17. The molecule has 0 unspecified atom stereocenters. The molecule has 138 valence electrons. The van der Waals surface area contributed by atoms with Crippen LogP contribution in [0.1, 0.15) is 27.6 Å². The van der Waals surface area contributed by atoms with Crippen molar-refractivity contribution in [3.05, 3.63) is 70.1 Å². The highest BCUT2D eigenvalue weighted by atomic mass is 16.5.